The lowest BCUT2D eigenvalue weighted by atomic mass is 10.2. The highest BCUT2D eigenvalue weighted by atomic mass is 16.5. The van der Waals surface area contributed by atoms with Gasteiger partial charge in [0.25, 0.3) is 5.82 Å². The average molecular weight is 389 g/mol. The van der Waals surface area contributed by atoms with Crippen molar-refractivity contribution in [2.75, 3.05) is 64.6 Å². The van der Waals surface area contributed by atoms with Crippen molar-refractivity contribution in [3.05, 3.63) is 48.7 Å². The Hall–Kier alpha value is -2.35. The van der Waals surface area contributed by atoms with Crippen LogP contribution in [0.4, 0.5) is 5.82 Å². The Labute approximate surface area is 166 Å². The number of hydrogen-bond acceptors (Lipinski definition) is 5. The summed E-state index contributed by atoms with van der Waals surface area (Å²) >= 11 is 0. The molecule has 2 heterocycles. The number of aliphatic hydroxyl groups is 1. The molecule has 0 radical (unpaired) electrons. The summed E-state index contributed by atoms with van der Waals surface area (Å²) in [5.41, 5.74) is 0. The molecule has 1 aromatic carbocycles. The van der Waals surface area contributed by atoms with Gasteiger partial charge in [-0.3, -0.25) is 4.90 Å². The fourth-order valence-corrected chi connectivity index (χ4v) is 3.37. The third-order valence-corrected chi connectivity index (χ3v) is 4.88. The summed E-state index contributed by atoms with van der Waals surface area (Å²) in [6.07, 6.45) is 1.50. The minimum atomic E-state index is -0.457. The zero-order valence-corrected chi connectivity index (χ0v) is 16.5. The maximum atomic E-state index is 10.2. The van der Waals surface area contributed by atoms with Gasteiger partial charge in [-0.05, 0) is 18.2 Å². The predicted octanol–water partition coefficient (Wildman–Crippen LogP) is -0.329. The number of aromatic nitrogens is 1. The highest BCUT2D eigenvalue weighted by molar-refractivity contribution is 5.33. The number of quaternary nitrogens is 1. The second-order valence-corrected chi connectivity index (χ2v) is 6.95. The Morgan fingerprint density at radius 1 is 1.11 bits per heavy atom. The molecule has 0 saturated carbocycles. The Kier molecular flexibility index (Phi) is 7.90. The number of aromatic amines is 1. The van der Waals surface area contributed by atoms with Crippen LogP contribution in [0.15, 0.2) is 48.7 Å². The molecule has 0 amide bonds. The summed E-state index contributed by atoms with van der Waals surface area (Å²) in [6.45, 7) is 5.93. The third kappa shape index (κ3) is 6.37. The summed E-state index contributed by atoms with van der Waals surface area (Å²) in [6, 6.07) is 13.6. The van der Waals surface area contributed by atoms with Gasteiger partial charge in [0, 0.05) is 12.1 Å². The Morgan fingerprint density at radius 2 is 1.93 bits per heavy atom. The zero-order chi connectivity index (χ0) is 19.6. The molecule has 1 aliphatic rings. The topological polar surface area (TPSA) is 69.7 Å². The van der Waals surface area contributed by atoms with Gasteiger partial charge in [0.05, 0.1) is 26.5 Å². The van der Waals surface area contributed by atoms with Gasteiger partial charge in [0.2, 0.25) is 0 Å². The Morgan fingerprint density at radius 3 is 2.68 bits per heavy atom. The van der Waals surface area contributed by atoms with Crippen LogP contribution in [0.1, 0.15) is 0 Å². The molecule has 0 unspecified atom stereocenters. The maximum Gasteiger partial charge on any atom is 0.274 e. The normalized spacial score (nSPS) is 16.0. The number of methoxy groups -OCH3 is 1. The molecule has 7 heteroatoms. The van der Waals surface area contributed by atoms with Crippen molar-refractivity contribution < 1.29 is 29.2 Å². The molecule has 1 aromatic heterocycles. The highest BCUT2D eigenvalue weighted by Gasteiger charge is 2.27. The minimum Gasteiger partial charge on any atom is -0.497 e. The van der Waals surface area contributed by atoms with Crippen molar-refractivity contribution in [2.24, 2.45) is 0 Å². The number of nitrogens with zero attached hydrogens (tertiary/aromatic N) is 1. The number of H-pyrrole nitrogens is 1. The molecule has 1 saturated heterocycles. The fourth-order valence-electron chi connectivity index (χ4n) is 3.37. The van der Waals surface area contributed by atoms with Crippen LogP contribution < -0.4 is 24.3 Å². The van der Waals surface area contributed by atoms with Gasteiger partial charge in [-0.15, -0.1) is 0 Å². The van der Waals surface area contributed by atoms with Gasteiger partial charge in [-0.25, -0.2) is 4.98 Å². The summed E-state index contributed by atoms with van der Waals surface area (Å²) in [5.74, 6) is 2.67. The SMILES string of the molecule is COc1cccc(OCCOC[C@@H](O)C[NH+]2CCN(c3cccc[nH+]3)CC2)c1. The molecule has 0 aliphatic carbocycles. The molecule has 1 fully saturated rings. The van der Waals surface area contributed by atoms with Crippen molar-refractivity contribution in [3.63, 3.8) is 0 Å². The standard InChI is InChI=1S/C21H29N3O4/c1-26-19-5-4-6-20(15-19)28-14-13-27-17-18(25)16-23-9-11-24(12-10-23)21-7-2-3-8-22-21/h2-8,15,18,25H,9-14,16-17H2,1H3/p+2/t18-/m0/s1. The number of hydrogen-bond donors (Lipinski definition) is 2. The lowest BCUT2D eigenvalue weighted by molar-refractivity contribution is -0.903. The van der Waals surface area contributed by atoms with E-state index in [4.69, 9.17) is 14.2 Å². The summed E-state index contributed by atoms with van der Waals surface area (Å²) in [7, 11) is 1.63. The van der Waals surface area contributed by atoms with E-state index in [9.17, 15) is 5.11 Å². The van der Waals surface area contributed by atoms with E-state index in [1.54, 1.807) is 7.11 Å². The van der Waals surface area contributed by atoms with Crippen LogP contribution in [0, 0.1) is 0 Å². The number of nitrogens with one attached hydrogen (secondary N) is 2. The van der Waals surface area contributed by atoms with Gasteiger partial charge >= 0.3 is 0 Å². The largest absolute Gasteiger partial charge is 0.497 e. The highest BCUT2D eigenvalue weighted by Crippen LogP contribution is 2.18. The van der Waals surface area contributed by atoms with E-state index in [2.05, 4.69) is 16.0 Å². The minimum absolute atomic E-state index is 0.334. The second-order valence-electron chi connectivity index (χ2n) is 6.95. The van der Waals surface area contributed by atoms with Crippen LogP contribution in [-0.4, -0.2) is 70.9 Å². The van der Waals surface area contributed by atoms with Gasteiger partial charge in [-0.2, -0.15) is 0 Å². The molecule has 152 valence electrons. The van der Waals surface area contributed by atoms with E-state index >= 15 is 0 Å². The first-order valence-electron chi connectivity index (χ1n) is 9.82. The van der Waals surface area contributed by atoms with Gasteiger partial charge < -0.3 is 24.2 Å². The van der Waals surface area contributed by atoms with Crippen molar-refractivity contribution in [3.8, 4) is 11.5 Å². The predicted molar refractivity (Wildman–Crippen MR) is 106 cm³/mol. The van der Waals surface area contributed by atoms with E-state index in [-0.39, 0.29) is 0 Å². The van der Waals surface area contributed by atoms with Crippen LogP contribution in [-0.2, 0) is 4.74 Å². The van der Waals surface area contributed by atoms with Gasteiger partial charge in [0.15, 0.2) is 0 Å². The van der Waals surface area contributed by atoms with Gasteiger partial charge in [-0.1, -0.05) is 12.1 Å². The Balaban J connectivity index is 1.27. The van der Waals surface area contributed by atoms with E-state index in [0.717, 1.165) is 43.5 Å². The number of aliphatic hydroxyl groups excluding tert-OH is 1. The number of ether oxygens (including phenoxy) is 3. The molecule has 1 aliphatic heterocycles. The first-order valence-corrected chi connectivity index (χ1v) is 9.82. The number of anilines is 1. The molecule has 2 aromatic rings. The number of piperazine rings is 1. The monoisotopic (exact) mass is 389 g/mol. The van der Waals surface area contributed by atoms with E-state index in [1.807, 2.05) is 42.6 Å². The van der Waals surface area contributed by atoms with E-state index in [1.165, 1.54) is 4.90 Å². The van der Waals surface area contributed by atoms with Crippen molar-refractivity contribution >= 4 is 5.82 Å². The first kappa shape index (κ1) is 20.4. The summed E-state index contributed by atoms with van der Waals surface area (Å²) in [5, 5.41) is 10.2. The van der Waals surface area contributed by atoms with Crippen LogP contribution in [0.5, 0.6) is 11.5 Å². The summed E-state index contributed by atoms with van der Waals surface area (Å²) in [4.78, 5) is 7.04. The molecule has 3 N–H and O–H groups in total. The number of pyridine rings is 1. The zero-order valence-electron chi connectivity index (χ0n) is 16.5. The average Bonchev–Trinajstić information content (AvgIpc) is 2.75. The molecule has 0 spiro atoms. The number of rotatable bonds is 10. The first-order chi connectivity index (χ1) is 13.7. The molecular formula is C21H31N3O4+2. The maximum absolute atomic E-state index is 10.2. The molecule has 1 atom stereocenters. The van der Waals surface area contributed by atoms with Crippen molar-refractivity contribution in [1.29, 1.82) is 0 Å². The lowest BCUT2D eigenvalue weighted by Crippen LogP contribution is -3.16. The molecule has 7 nitrogen and oxygen atoms in total. The third-order valence-electron chi connectivity index (χ3n) is 4.88. The van der Waals surface area contributed by atoms with Crippen LogP contribution in [0.25, 0.3) is 0 Å². The molecule has 28 heavy (non-hydrogen) atoms. The van der Waals surface area contributed by atoms with E-state index < -0.39 is 6.10 Å². The summed E-state index contributed by atoms with van der Waals surface area (Å²) < 4.78 is 16.4. The van der Waals surface area contributed by atoms with Crippen molar-refractivity contribution in [1.82, 2.24) is 0 Å². The lowest BCUT2D eigenvalue weighted by Gasteiger charge is -2.29. The molecule has 3 rings (SSSR count). The van der Waals surface area contributed by atoms with Crippen LogP contribution in [0.2, 0.25) is 0 Å². The van der Waals surface area contributed by atoms with Gasteiger partial charge in [0.1, 0.15) is 56.9 Å². The van der Waals surface area contributed by atoms with Crippen LogP contribution in [0.3, 0.4) is 0 Å². The molecular weight excluding hydrogens is 358 g/mol. The quantitative estimate of drug-likeness (QED) is 0.545. The Bertz CT molecular complexity index is 693. The van der Waals surface area contributed by atoms with Crippen LogP contribution >= 0.6 is 0 Å². The van der Waals surface area contributed by atoms with E-state index in [0.29, 0.717) is 26.4 Å². The second kappa shape index (κ2) is 10.8. The molecule has 0 bridgehead atoms. The fraction of sp³-hybridized carbons (Fsp3) is 0.476. The van der Waals surface area contributed by atoms with Crippen molar-refractivity contribution in [2.45, 2.75) is 6.10 Å². The number of benzene rings is 1. The smallest absolute Gasteiger partial charge is 0.274 e.